The van der Waals surface area contributed by atoms with Gasteiger partial charge in [-0.2, -0.15) is 5.10 Å². The molecule has 0 N–H and O–H groups in total. The number of piperazine rings is 1. The van der Waals surface area contributed by atoms with Crippen molar-refractivity contribution in [2.75, 3.05) is 51.8 Å². The minimum absolute atomic E-state index is 0.0555. The Morgan fingerprint density at radius 1 is 1.14 bits per heavy atom. The molecule has 2 aliphatic heterocycles. The summed E-state index contributed by atoms with van der Waals surface area (Å²) in [6.45, 7) is 2.99. The molecule has 8 nitrogen and oxygen atoms in total. The minimum atomic E-state index is -3.07. The number of carbonyl (C=O) groups excluding carboxylic acids is 1. The van der Waals surface area contributed by atoms with Gasteiger partial charge in [0, 0.05) is 31.7 Å². The largest absolute Gasteiger partial charge is 0.497 e. The van der Waals surface area contributed by atoms with Gasteiger partial charge in [-0.25, -0.2) is 8.42 Å². The van der Waals surface area contributed by atoms with Crippen LogP contribution >= 0.6 is 0 Å². The first-order chi connectivity index (χ1) is 13.9. The van der Waals surface area contributed by atoms with Gasteiger partial charge in [-0.05, 0) is 43.8 Å². The molecule has 29 heavy (non-hydrogen) atoms. The van der Waals surface area contributed by atoms with Gasteiger partial charge >= 0.3 is 0 Å². The number of carbonyl (C=O) groups is 1. The first-order valence-corrected chi connectivity index (χ1v) is 11.6. The Balaban J connectivity index is 1.69. The molecule has 1 atom stereocenters. The fourth-order valence-electron chi connectivity index (χ4n) is 3.89. The second-order valence-corrected chi connectivity index (χ2v) is 9.97. The molecular formula is C20H26N4O4S. The summed E-state index contributed by atoms with van der Waals surface area (Å²) < 4.78 is 31.0. The van der Waals surface area contributed by atoms with E-state index in [9.17, 15) is 13.2 Å². The van der Waals surface area contributed by atoms with Crippen molar-refractivity contribution in [3.63, 3.8) is 0 Å². The lowest BCUT2D eigenvalue weighted by molar-refractivity contribution is 0.0657. The van der Waals surface area contributed by atoms with Crippen molar-refractivity contribution in [3.05, 3.63) is 36.0 Å². The SMILES string of the molecule is COc1ccc(-c2cc(C(=O)N3CCN(C)CC3)nn2[C@H]2CCS(=O)(=O)C2)cc1. The Bertz CT molecular complexity index is 992. The Hall–Kier alpha value is -2.39. The summed E-state index contributed by atoms with van der Waals surface area (Å²) in [7, 11) is 0.575. The molecule has 2 fully saturated rings. The van der Waals surface area contributed by atoms with Crippen molar-refractivity contribution in [2.24, 2.45) is 0 Å². The summed E-state index contributed by atoms with van der Waals surface area (Å²) >= 11 is 0. The number of methoxy groups -OCH3 is 1. The van der Waals surface area contributed by atoms with Gasteiger partial charge in [0.2, 0.25) is 0 Å². The van der Waals surface area contributed by atoms with Gasteiger partial charge in [-0.15, -0.1) is 0 Å². The van der Waals surface area contributed by atoms with Crippen LogP contribution < -0.4 is 4.74 Å². The van der Waals surface area contributed by atoms with Crippen LogP contribution in [0.4, 0.5) is 0 Å². The minimum Gasteiger partial charge on any atom is -0.497 e. The number of sulfone groups is 1. The Kier molecular flexibility index (Phi) is 5.35. The molecule has 156 valence electrons. The summed E-state index contributed by atoms with van der Waals surface area (Å²) in [4.78, 5) is 17.0. The lowest BCUT2D eigenvalue weighted by Gasteiger charge is -2.31. The van der Waals surface area contributed by atoms with Gasteiger partial charge in [0.1, 0.15) is 5.75 Å². The molecule has 9 heteroatoms. The van der Waals surface area contributed by atoms with Crippen molar-refractivity contribution in [3.8, 4) is 17.0 Å². The van der Waals surface area contributed by atoms with E-state index in [1.54, 1.807) is 17.9 Å². The standard InChI is InChI=1S/C20H26N4O4S/c1-22-8-10-23(11-9-22)20(25)18-13-19(15-3-5-17(28-2)6-4-15)24(21-18)16-7-12-29(26,27)14-16/h3-6,13,16H,7-12,14H2,1-2H3/t16-/m0/s1. The number of hydrogen-bond donors (Lipinski definition) is 0. The molecule has 1 aromatic carbocycles. The molecule has 2 saturated heterocycles. The Morgan fingerprint density at radius 3 is 2.41 bits per heavy atom. The maximum absolute atomic E-state index is 13.0. The van der Waals surface area contributed by atoms with Gasteiger partial charge in [-0.1, -0.05) is 0 Å². The van der Waals surface area contributed by atoms with Crippen LogP contribution in [0.3, 0.4) is 0 Å². The molecule has 1 aromatic heterocycles. The van der Waals surface area contributed by atoms with E-state index in [4.69, 9.17) is 4.74 Å². The summed E-state index contributed by atoms with van der Waals surface area (Å²) in [5.74, 6) is 0.839. The molecule has 1 amide bonds. The molecule has 2 aromatic rings. The highest BCUT2D eigenvalue weighted by Gasteiger charge is 2.33. The number of ether oxygens (including phenoxy) is 1. The molecule has 0 aliphatic carbocycles. The van der Waals surface area contributed by atoms with Crippen LogP contribution in [0.1, 0.15) is 23.0 Å². The first kappa shape index (κ1) is 19.9. The van der Waals surface area contributed by atoms with Crippen LogP contribution in [0.25, 0.3) is 11.3 Å². The van der Waals surface area contributed by atoms with E-state index >= 15 is 0 Å². The van der Waals surface area contributed by atoms with Gasteiger partial charge < -0.3 is 14.5 Å². The van der Waals surface area contributed by atoms with Crippen LogP contribution in [0.5, 0.6) is 5.75 Å². The van der Waals surface area contributed by atoms with E-state index in [2.05, 4.69) is 10.00 Å². The number of hydrogen-bond acceptors (Lipinski definition) is 6. The van der Waals surface area contributed by atoms with Crippen LogP contribution in [0.15, 0.2) is 30.3 Å². The number of likely N-dealkylation sites (N-methyl/N-ethyl adjacent to an activating group) is 1. The Labute approximate surface area is 171 Å². The average Bonchev–Trinajstić information content (AvgIpc) is 3.31. The van der Waals surface area contributed by atoms with E-state index in [1.165, 1.54) is 0 Å². The summed E-state index contributed by atoms with van der Waals surface area (Å²) in [5, 5.41) is 4.59. The fourth-order valence-corrected chi connectivity index (χ4v) is 5.59. The number of nitrogens with zero attached hydrogens (tertiary/aromatic N) is 4. The second-order valence-electron chi connectivity index (χ2n) is 7.74. The zero-order valence-corrected chi connectivity index (χ0v) is 17.6. The fraction of sp³-hybridized carbons (Fsp3) is 0.500. The highest BCUT2D eigenvalue weighted by Crippen LogP contribution is 2.31. The monoisotopic (exact) mass is 418 g/mol. The van der Waals surface area contributed by atoms with Crippen LogP contribution in [0, 0.1) is 0 Å². The van der Waals surface area contributed by atoms with Crippen molar-refractivity contribution in [2.45, 2.75) is 12.5 Å². The third-order valence-electron chi connectivity index (χ3n) is 5.69. The zero-order valence-electron chi connectivity index (χ0n) is 16.7. The summed E-state index contributed by atoms with van der Waals surface area (Å²) in [5.41, 5.74) is 2.00. The molecule has 2 aliphatic rings. The lowest BCUT2D eigenvalue weighted by Crippen LogP contribution is -2.47. The van der Waals surface area contributed by atoms with E-state index in [0.29, 0.717) is 25.2 Å². The van der Waals surface area contributed by atoms with E-state index in [0.717, 1.165) is 30.1 Å². The topological polar surface area (TPSA) is 84.7 Å². The van der Waals surface area contributed by atoms with Crippen LogP contribution in [-0.2, 0) is 9.84 Å². The molecule has 0 spiro atoms. The predicted molar refractivity (Wildman–Crippen MR) is 110 cm³/mol. The first-order valence-electron chi connectivity index (χ1n) is 9.78. The van der Waals surface area contributed by atoms with Crippen molar-refractivity contribution in [1.29, 1.82) is 0 Å². The van der Waals surface area contributed by atoms with Crippen LogP contribution in [0.2, 0.25) is 0 Å². The highest BCUT2D eigenvalue weighted by atomic mass is 32.2. The van der Waals surface area contributed by atoms with E-state index in [1.807, 2.05) is 36.2 Å². The summed E-state index contributed by atoms with van der Waals surface area (Å²) in [6.07, 6.45) is 0.509. The highest BCUT2D eigenvalue weighted by molar-refractivity contribution is 7.91. The molecule has 0 bridgehead atoms. The quantitative estimate of drug-likeness (QED) is 0.744. The number of amides is 1. The predicted octanol–water partition coefficient (Wildman–Crippen LogP) is 1.31. The Morgan fingerprint density at radius 2 is 1.83 bits per heavy atom. The molecule has 0 radical (unpaired) electrons. The van der Waals surface area contributed by atoms with Gasteiger partial charge in [0.15, 0.2) is 15.5 Å². The molecule has 0 saturated carbocycles. The molecule has 4 rings (SSSR count). The molecule has 3 heterocycles. The zero-order chi connectivity index (χ0) is 20.6. The van der Waals surface area contributed by atoms with Crippen LogP contribution in [-0.4, -0.2) is 85.7 Å². The summed E-state index contributed by atoms with van der Waals surface area (Å²) in [6, 6.07) is 9.03. The number of benzene rings is 1. The number of aromatic nitrogens is 2. The lowest BCUT2D eigenvalue weighted by atomic mass is 10.1. The van der Waals surface area contributed by atoms with Crippen molar-refractivity contribution in [1.82, 2.24) is 19.6 Å². The normalized spacial score (nSPS) is 22.0. The maximum atomic E-state index is 13.0. The maximum Gasteiger partial charge on any atom is 0.274 e. The average molecular weight is 419 g/mol. The van der Waals surface area contributed by atoms with E-state index < -0.39 is 9.84 Å². The van der Waals surface area contributed by atoms with Gasteiger partial charge in [0.05, 0.1) is 30.4 Å². The van der Waals surface area contributed by atoms with E-state index in [-0.39, 0.29) is 23.5 Å². The van der Waals surface area contributed by atoms with Gasteiger partial charge in [-0.3, -0.25) is 9.48 Å². The second kappa shape index (κ2) is 7.79. The van der Waals surface area contributed by atoms with Crippen molar-refractivity contribution < 1.29 is 17.9 Å². The van der Waals surface area contributed by atoms with Gasteiger partial charge in [0.25, 0.3) is 5.91 Å². The third-order valence-corrected chi connectivity index (χ3v) is 7.44. The smallest absolute Gasteiger partial charge is 0.274 e. The number of rotatable bonds is 4. The van der Waals surface area contributed by atoms with Crippen molar-refractivity contribution >= 4 is 15.7 Å². The molecular weight excluding hydrogens is 392 g/mol. The third kappa shape index (κ3) is 4.16. The molecule has 0 unspecified atom stereocenters.